The smallest absolute Gasteiger partial charge is 0.174 e. The predicted molar refractivity (Wildman–Crippen MR) is 104 cm³/mol. The standard InChI is InChI=1S/C22H26O6/c1-22(2,25)19(24)10-14-17(26-3)12-18(27-4)20-15(23)11-16(28-21(14)20)13-8-6-5-7-9-13/h5-9,12,16,19,24-25H,10-11H2,1-4H3. The first-order valence-electron chi connectivity index (χ1n) is 9.19. The van der Waals surface area contributed by atoms with Gasteiger partial charge in [-0.1, -0.05) is 30.3 Å². The van der Waals surface area contributed by atoms with Crippen molar-refractivity contribution in [3.63, 3.8) is 0 Å². The maximum Gasteiger partial charge on any atom is 0.174 e. The van der Waals surface area contributed by atoms with E-state index in [9.17, 15) is 15.0 Å². The van der Waals surface area contributed by atoms with E-state index in [2.05, 4.69) is 0 Å². The van der Waals surface area contributed by atoms with E-state index in [1.54, 1.807) is 6.07 Å². The molecule has 2 aromatic carbocycles. The van der Waals surface area contributed by atoms with Crippen LogP contribution in [0.4, 0.5) is 0 Å². The van der Waals surface area contributed by atoms with Crippen LogP contribution < -0.4 is 14.2 Å². The Labute approximate surface area is 164 Å². The fourth-order valence-electron chi connectivity index (χ4n) is 3.33. The third kappa shape index (κ3) is 3.84. The Kier molecular flexibility index (Phi) is 5.63. The van der Waals surface area contributed by atoms with Gasteiger partial charge in [0, 0.05) is 18.1 Å². The van der Waals surface area contributed by atoms with Crippen molar-refractivity contribution in [1.29, 1.82) is 0 Å². The molecule has 0 saturated heterocycles. The molecule has 28 heavy (non-hydrogen) atoms. The van der Waals surface area contributed by atoms with Crippen molar-refractivity contribution in [2.45, 2.75) is 44.5 Å². The molecule has 0 bridgehead atoms. The molecule has 2 atom stereocenters. The predicted octanol–water partition coefficient (Wildman–Crippen LogP) is 3.08. The Hall–Kier alpha value is -2.57. The second-order valence-corrected chi connectivity index (χ2v) is 7.48. The van der Waals surface area contributed by atoms with Crippen LogP contribution in [0.5, 0.6) is 17.2 Å². The summed E-state index contributed by atoms with van der Waals surface area (Å²) in [6, 6.07) is 11.1. The zero-order chi connectivity index (χ0) is 20.5. The Morgan fingerprint density at radius 3 is 2.39 bits per heavy atom. The lowest BCUT2D eigenvalue weighted by Crippen LogP contribution is -2.37. The molecule has 1 aliphatic rings. The van der Waals surface area contributed by atoms with Crippen LogP contribution in [0.2, 0.25) is 0 Å². The van der Waals surface area contributed by atoms with Gasteiger partial charge in [0.25, 0.3) is 0 Å². The minimum Gasteiger partial charge on any atom is -0.496 e. The molecule has 2 unspecified atom stereocenters. The van der Waals surface area contributed by atoms with Crippen LogP contribution in [0.25, 0.3) is 0 Å². The van der Waals surface area contributed by atoms with E-state index in [1.165, 1.54) is 28.1 Å². The topological polar surface area (TPSA) is 85.2 Å². The Morgan fingerprint density at radius 2 is 1.82 bits per heavy atom. The van der Waals surface area contributed by atoms with Crippen LogP contribution in [0.3, 0.4) is 0 Å². The molecule has 6 nitrogen and oxygen atoms in total. The highest BCUT2D eigenvalue weighted by Crippen LogP contribution is 2.46. The van der Waals surface area contributed by atoms with Crippen molar-refractivity contribution in [2.75, 3.05) is 14.2 Å². The van der Waals surface area contributed by atoms with Gasteiger partial charge in [-0.15, -0.1) is 0 Å². The maximum absolute atomic E-state index is 13.0. The summed E-state index contributed by atoms with van der Waals surface area (Å²) in [6.07, 6.45) is -1.27. The van der Waals surface area contributed by atoms with Crippen LogP contribution in [0.15, 0.2) is 36.4 Å². The number of benzene rings is 2. The van der Waals surface area contributed by atoms with Gasteiger partial charge in [0.15, 0.2) is 5.78 Å². The summed E-state index contributed by atoms with van der Waals surface area (Å²) in [5, 5.41) is 20.6. The van der Waals surface area contributed by atoms with E-state index in [4.69, 9.17) is 14.2 Å². The zero-order valence-electron chi connectivity index (χ0n) is 16.6. The lowest BCUT2D eigenvalue weighted by molar-refractivity contribution is -0.0474. The molecule has 150 valence electrons. The molecule has 0 aliphatic carbocycles. The maximum atomic E-state index is 13.0. The summed E-state index contributed by atoms with van der Waals surface area (Å²) in [5.41, 5.74) is 0.433. The first kappa shape index (κ1) is 20.2. The molecular weight excluding hydrogens is 360 g/mol. The molecule has 1 heterocycles. The molecule has 0 amide bonds. The molecule has 0 radical (unpaired) electrons. The van der Waals surface area contributed by atoms with Gasteiger partial charge >= 0.3 is 0 Å². The van der Waals surface area contributed by atoms with Gasteiger partial charge in [0.05, 0.1) is 32.3 Å². The Morgan fingerprint density at radius 1 is 1.18 bits per heavy atom. The second kappa shape index (κ2) is 7.81. The monoisotopic (exact) mass is 386 g/mol. The van der Waals surface area contributed by atoms with Crippen LogP contribution >= 0.6 is 0 Å². The summed E-state index contributed by atoms with van der Waals surface area (Å²) >= 11 is 0. The summed E-state index contributed by atoms with van der Waals surface area (Å²) in [5.74, 6) is 1.03. The number of ether oxygens (including phenoxy) is 3. The molecule has 0 fully saturated rings. The van der Waals surface area contributed by atoms with Crippen LogP contribution in [-0.4, -0.2) is 41.9 Å². The molecule has 0 aromatic heterocycles. The third-order valence-corrected chi connectivity index (χ3v) is 5.04. The largest absolute Gasteiger partial charge is 0.496 e. The van der Waals surface area contributed by atoms with Crippen molar-refractivity contribution in [2.24, 2.45) is 0 Å². The van der Waals surface area contributed by atoms with E-state index in [-0.39, 0.29) is 18.6 Å². The van der Waals surface area contributed by atoms with Crippen molar-refractivity contribution in [1.82, 2.24) is 0 Å². The normalized spacial score (nSPS) is 17.5. The summed E-state index contributed by atoms with van der Waals surface area (Å²) in [6.45, 7) is 3.05. The second-order valence-electron chi connectivity index (χ2n) is 7.48. The van der Waals surface area contributed by atoms with Crippen LogP contribution in [0.1, 0.15) is 47.9 Å². The summed E-state index contributed by atoms with van der Waals surface area (Å²) < 4.78 is 17.1. The average molecular weight is 386 g/mol. The highest BCUT2D eigenvalue weighted by Gasteiger charge is 2.36. The van der Waals surface area contributed by atoms with Gasteiger partial charge in [-0.3, -0.25) is 4.79 Å². The lowest BCUT2D eigenvalue weighted by atomic mass is 9.89. The number of hydrogen-bond donors (Lipinski definition) is 2. The molecule has 1 aliphatic heterocycles. The number of ketones is 1. The Balaban J connectivity index is 2.13. The molecule has 2 N–H and O–H groups in total. The van der Waals surface area contributed by atoms with Crippen molar-refractivity contribution in [3.8, 4) is 17.2 Å². The van der Waals surface area contributed by atoms with Gasteiger partial charge in [-0.2, -0.15) is 0 Å². The van der Waals surface area contributed by atoms with Gasteiger partial charge in [0.1, 0.15) is 28.9 Å². The lowest BCUT2D eigenvalue weighted by Gasteiger charge is -2.31. The van der Waals surface area contributed by atoms with Gasteiger partial charge in [-0.05, 0) is 19.4 Å². The number of aliphatic hydroxyl groups excluding tert-OH is 1. The number of fused-ring (bicyclic) bond motifs is 1. The minimum absolute atomic E-state index is 0.0633. The van der Waals surface area contributed by atoms with Crippen LogP contribution in [0, 0.1) is 0 Å². The molecule has 6 heteroatoms. The van der Waals surface area contributed by atoms with Crippen molar-refractivity contribution >= 4 is 5.78 Å². The number of carbonyl (C=O) groups excluding carboxylic acids is 1. The minimum atomic E-state index is -1.32. The first-order valence-corrected chi connectivity index (χ1v) is 9.19. The van der Waals surface area contributed by atoms with E-state index in [0.717, 1.165) is 5.56 Å². The van der Waals surface area contributed by atoms with Gasteiger partial charge in [-0.25, -0.2) is 0 Å². The van der Waals surface area contributed by atoms with E-state index >= 15 is 0 Å². The Bertz CT molecular complexity index is 854. The molecule has 0 saturated carbocycles. The number of rotatable bonds is 6. The van der Waals surface area contributed by atoms with E-state index in [0.29, 0.717) is 28.4 Å². The fraction of sp³-hybridized carbons (Fsp3) is 0.409. The number of carbonyl (C=O) groups is 1. The first-order chi connectivity index (χ1) is 13.3. The molecule has 0 spiro atoms. The third-order valence-electron chi connectivity index (χ3n) is 5.04. The molecule has 2 aromatic rings. The van der Waals surface area contributed by atoms with E-state index < -0.39 is 17.8 Å². The van der Waals surface area contributed by atoms with Gasteiger partial charge in [0.2, 0.25) is 0 Å². The number of hydrogen-bond acceptors (Lipinski definition) is 6. The average Bonchev–Trinajstić information content (AvgIpc) is 2.67. The summed E-state index contributed by atoms with van der Waals surface area (Å²) in [4.78, 5) is 13.0. The summed E-state index contributed by atoms with van der Waals surface area (Å²) in [7, 11) is 2.98. The zero-order valence-corrected chi connectivity index (χ0v) is 16.6. The van der Waals surface area contributed by atoms with Crippen molar-refractivity contribution < 1.29 is 29.2 Å². The molecular formula is C22H26O6. The van der Waals surface area contributed by atoms with Crippen LogP contribution in [-0.2, 0) is 6.42 Å². The number of Topliss-reactive ketones (excluding diaryl/α,β-unsaturated/α-hetero) is 1. The van der Waals surface area contributed by atoms with Gasteiger partial charge < -0.3 is 24.4 Å². The quantitative estimate of drug-likeness (QED) is 0.794. The SMILES string of the molecule is COc1cc(OC)c2c(c1CC(O)C(C)(C)O)OC(c1ccccc1)CC2=O. The highest BCUT2D eigenvalue weighted by molar-refractivity contribution is 6.03. The van der Waals surface area contributed by atoms with Crippen molar-refractivity contribution in [3.05, 3.63) is 53.1 Å². The number of aliphatic hydroxyl groups is 2. The molecule has 3 rings (SSSR count). The number of methoxy groups -OCH3 is 2. The van der Waals surface area contributed by atoms with E-state index in [1.807, 2.05) is 30.3 Å². The fourth-order valence-corrected chi connectivity index (χ4v) is 3.33. The highest BCUT2D eigenvalue weighted by atomic mass is 16.5.